The average molecular weight is 237 g/mol. The van der Waals surface area contributed by atoms with Crippen molar-refractivity contribution in [3.8, 4) is 0 Å². The van der Waals surface area contributed by atoms with Gasteiger partial charge in [0.2, 0.25) is 5.91 Å². The lowest BCUT2D eigenvalue weighted by molar-refractivity contribution is -0.129. The lowest BCUT2D eigenvalue weighted by Crippen LogP contribution is -2.42. The number of likely N-dealkylation sites (tertiary alicyclic amines) is 1. The molecule has 2 saturated heterocycles. The minimum atomic E-state index is 0.210. The topological polar surface area (TPSA) is 81.1 Å². The predicted octanol–water partition coefficient (Wildman–Crippen LogP) is 1.29. The van der Waals surface area contributed by atoms with Crippen molar-refractivity contribution < 1.29 is 4.79 Å². The summed E-state index contributed by atoms with van der Waals surface area (Å²) in [6.07, 6.45) is 4.01. The van der Waals surface area contributed by atoms with E-state index in [4.69, 9.17) is 5.53 Å². The van der Waals surface area contributed by atoms with E-state index in [2.05, 4.69) is 15.3 Å². The van der Waals surface area contributed by atoms with Crippen LogP contribution in [-0.4, -0.2) is 43.0 Å². The van der Waals surface area contributed by atoms with Gasteiger partial charge in [-0.05, 0) is 30.8 Å². The van der Waals surface area contributed by atoms with E-state index in [1.165, 1.54) is 12.8 Å². The van der Waals surface area contributed by atoms with Crippen LogP contribution in [0.25, 0.3) is 10.4 Å². The van der Waals surface area contributed by atoms with Crippen LogP contribution in [0.1, 0.15) is 25.7 Å². The van der Waals surface area contributed by atoms with Gasteiger partial charge in [0, 0.05) is 37.0 Å². The molecule has 2 rings (SSSR count). The Morgan fingerprint density at radius 1 is 1.53 bits per heavy atom. The third-order valence-electron chi connectivity index (χ3n) is 3.60. The van der Waals surface area contributed by atoms with E-state index in [-0.39, 0.29) is 11.8 Å². The van der Waals surface area contributed by atoms with Crippen LogP contribution >= 0.6 is 0 Å². The van der Waals surface area contributed by atoms with Gasteiger partial charge in [-0.1, -0.05) is 11.5 Å². The summed E-state index contributed by atoms with van der Waals surface area (Å²) in [7, 11) is 0. The second kappa shape index (κ2) is 5.89. The first-order valence-electron chi connectivity index (χ1n) is 6.32. The standard InChI is InChI=1S/C11H19N5O/c12-15-14-6-9-5-11(17)16(8-9)10-3-1-2-4-13-7-10/h9-10,13H,1-8H2. The first kappa shape index (κ1) is 12.2. The van der Waals surface area contributed by atoms with Crippen LogP contribution in [0.3, 0.4) is 0 Å². The minimum absolute atomic E-state index is 0.210. The Morgan fingerprint density at radius 2 is 2.41 bits per heavy atom. The van der Waals surface area contributed by atoms with Gasteiger partial charge in [-0.15, -0.1) is 0 Å². The molecule has 0 bridgehead atoms. The molecule has 0 aromatic carbocycles. The van der Waals surface area contributed by atoms with E-state index in [9.17, 15) is 4.79 Å². The van der Waals surface area contributed by atoms with Crippen LogP contribution in [0.5, 0.6) is 0 Å². The summed E-state index contributed by atoms with van der Waals surface area (Å²) in [5.74, 6) is 0.429. The van der Waals surface area contributed by atoms with Crippen LogP contribution in [0, 0.1) is 5.92 Å². The highest BCUT2D eigenvalue weighted by Crippen LogP contribution is 2.23. The summed E-state index contributed by atoms with van der Waals surface area (Å²) in [5, 5.41) is 6.95. The molecular formula is C11H19N5O. The molecule has 0 radical (unpaired) electrons. The maximum absolute atomic E-state index is 11.9. The molecule has 2 aliphatic heterocycles. The SMILES string of the molecule is [N-]=[N+]=NCC1CC(=O)N(C2CCCCNC2)C1. The summed E-state index contributed by atoms with van der Waals surface area (Å²) < 4.78 is 0. The third kappa shape index (κ3) is 3.11. The fourth-order valence-corrected chi connectivity index (χ4v) is 2.70. The Bertz CT molecular complexity index is 318. The van der Waals surface area contributed by atoms with Crippen LogP contribution < -0.4 is 5.32 Å². The Kier molecular flexibility index (Phi) is 4.23. The third-order valence-corrected chi connectivity index (χ3v) is 3.60. The lowest BCUT2D eigenvalue weighted by Gasteiger charge is -2.27. The number of amides is 1. The summed E-state index contributed by atoms with van der Waals surface area (Å²) in [6.45, 7) is 3.16. The molecule has 0 aliphatic carbocycles. The maximum Gasteiger partial charge on any atom is 0.223 e. The molecule has 1 amide bonds. The highest BCUT2D eigenvalue weighted by Gasteiger charge is 2.33. The zero-order valence-electron chi connectivity index (χ0n) is 10.0. The van der Waals surface area contributed by atoms with Crippen molar-refractivity contribution in [2.45, 2.75) is 31.7 Å². The molecule has 2 atom stereocenters. The number of hydrogen-bond acceptors (Lipinski definition) is 3. The molecule has 6 nitrogen and oxygen atoms in total. The first-order chi connectivity index (χ1) is 8.31. The smallest absolute Gasteiger partial charge is 0.223 e. The Hall–Kier alpha value is -1.26. The molecule has 6 heteroatoms. The van der Waals surface area contributed by atoms with Gasteiger partial charge in [0.05, 0.1) is 0 Å². The van der Waals surface area contributed by atoms with E-state index in [0.717, 1.165) is 26.1 Å². The van der Waals surface area contributed by atoms with Gasteiger partial charge in [0.15, 0.2) is 0 Å². The zero-order valence-corrected chi connectivity index (χ0v) is 10.0. The second-order valence-corrected chi connectivity index (χ2v) is 4.88. The maximum atomic E-state index is 11.9. The summed E-state index contributed by atoms with van der Waals surface area (Å²) >= 11 is 0. The van der Waals surface area contributed by atoms with Crippen molar-refractivity contribution in [2.24, 2.45) is 11.0 Å². The first-order valence-corrected chi connectivity index (χ1v) is 6.32. The molecule has 1 N–H and O–H groups in total. The molecule has 2 aliphatic rings. The van der Waals surface area contributed by atoms with Gasteiger partial charge in [-0.3, -0.25) is 4.79 Å². The van der Waals surface area contributed by atoms with Gasteiger partial charge in [-0.2, -0.15) is 0 Å². The van der Waals surface area contributed by atoms with Gasteiger partial charge in [-0.25, -0.2) is 0 Å². The van der Waals surface area contributed by atoms with Crippen molar-refractivity contribution >= 4 is 5.91 Å². The van der Waals surface area contributed by atoms with E-state index >= 15 is 0 Å². The number of rotatable bonds is 3. The van der Waals surface area contributed by atoms with Gasteiger partial charge < -0.3 is 10.2 Å². The van der Waals surface area contributed by atoms with Crippen molar-refractivity contribution in [3.05, 3.63) is 10.4 Å². The fraction of sp³-hybridized carbons (Fsp3) is 0.909. The quantitative estimate of drug-likeness (QED) is 0.456. The van der Waals surface area contributed by atoms with E-state index in [1.807, 2.05) is 4.90 Å². The number of nitrogens with one attached hydrogen (secondary N) is 1. The normalized spacial score (nSPS) is 29.9. The molecule has 2 heterocycles. The molecule has 94 valence electrons. The molecule has 0 spiro atoms. The molecular weight excluding hydrogens is 218 g/mol. The molecule has 2 unspecified atom stereocenters. The summed E-state index contributed by atoms with van der Waals surface area (Å²) in [4.78, 5) is 16.7. The molecule has 17 heavy (non-hydrogen) atoms. The largest absolute Gasteiger partial charge is 0.338 e. The number of carbonyl (C=O) groups is 1. The fourth-order valence-electron chi connectivity index (χ4n) is 2.70. The Morgan fingerprint density at radius 3 is 3.24 bits per heavy atom. The molecule has 0 saturated carbocycles. The van der Waals surface area contributed by atoms with E-state index < -0.39 is 0 Å². The molecule has 2 fully saturated rings. The highest BCUT2D eigenvalue weighted by atomic mass is 16.2. The number of nitrogens with zero attached hydrogens (tertiary/aromatic N) is 4. The van der Waals surface area contributed by atoms with Gasteiger partial charge in [0.25, 0.3) is 0 Å². The predicted molar refractivity (Wildman–Crippen MR) is 64.3 cm³/mol. The van der Waals surface area contributed by atoms with Crippen LogP contribution in [-0.2, 0) is 4.79 Å². The summed E-state index contributed by atoms with van der Waals surface area (Å²) in [6, 6.07) is 0.334. The van der Waals surface area contributed by atoms with Crippen molar-refractivity contribution in [1.29, 1.82) is 0 Å². The van der Waals surface area contributed by atoms with E-state index in [1.54, 1.807) is 0 Å². The molecule has 0 aromatic heterocycles. The van der Waals surface area contributed by atoms with Gasteiger partial charge in [0.1, 0.15) is 0 Å². The summed E-state index contributed by atoms with van der Waals surface area (Å²) in [5.41, 5.74) is 8.29. The monoisotopic (exact) mass is 237 g/mol. The van der Waals surface area contributed by atoms with Gasteiger partial charge >= 0.3 is 0 Å². The number of hydrogen-bond donors (Lipinski definition) is 1. The minimum Gasteiger partial charge on any atom is -0.338 e. The van der Waals surface area contributed by atoms with Crippen molar-refractivity contribution in [2.75, 3.05) is 26.2 Å². The second-order valence-electron chi connectivity index (χ2n) is 4.88. The highest BCUT2D eigenvalue weighted by molar-refractivity contribution is 5.79. The molecule has 0 aromatic rings. The Labute approximate surface area is 101 Å². The Balaban J connectivity index is 1.91. The van der Waals surface area contributed by atoms with Crippen LogP contribution in [0.4, 0.5) is 0 Å². The van der Waals surface area contributed by atoms with Crippen molar-refractivity contribution in [1.82, 2.24) is 10.2 Å². The number of carbonyl (C=O) groups excluding carboxylic acids is 1. The van der Waals surface area contributed by atoms with Crippen LogP contribution in [0.15, 0.2) is 5.11 Å². The zero-order chi connectivity index (χ0) is 12.1. The number of azide groups is 1. The lowest BCUT2D eigenvalue weighted by atomic mass is 10.1. The van der Waals surface area contributed by atoms with Crippen molar-refractivity contribution in [3.63, 3.8) is 0 Å². The van der Waals surface area contributed by atoms with E-state index in [0.29, 0.717) is 19.0 Å². The van der Waals surface area contributed by atoms with Crippen LogP contribution in [0.2, 0.25) is 0 Å². The average Bonchev–Trinajstić information content (AvgIpc) is 2.56.